The summed E-state index contributed by atoms with van der Waals surface area (Å²) in [5.41, 5.74) is 1.18. The molecule has 0 saturated heterocycles. The lowest BCUT2D eigenvalue weighted by Gasteiger charge is -2.05. The highest BCUT2D eigenvalue weighted by Gasteiger charge is 2.08. The summed E-state index contributed by atoms with van der Waals surface area (Å²) in [5, 5.41) is 3.42. The third kappa shape index (κ3) is 5.17. The number of aryl methyl sites for hydroxylation is 1. The van der Waals surface area contributed by atoms with Crippen LogP contribution >= 0.6 is 15.9 Å². The summed E-state index contributed by atoms with van der Waals surface area (Å²) in [6.07, 6.45) is 3.41. The number of ether oxygens (including phenoxy) is 1. The van der Waals surface area contributed by atoms with Gasteiger partial charge in [-0.05, 0) is 47.4 Å². The first kappa shape index (κ1) is 16.0. The molecule has 0 aliphatic rings. The minimum atomic E-state index is 0.406. The number of nitrogens with zero attached hydrogens (tertiary/aromatic N) is 1. The highest BCUT2D eigenvalue weighted by atomic mass is 79.9. The van der Waals surface area contributed by atoms with E-state index >= 15 is 0 Å². The van der Waals surface area contributed by atoms with Crippen LogP contribution in [0.25, 0.3) is 0 Å². The van der Waals surface area contributed by atoms with E-state index in [9.17, 15) is 0 Å². The van der Waals surface area contributed by atoms with Crippen molar-refractivity contribution in [3.05, 3.63) is 46.1 Å². The smallest absolute Gasteiger partial charge is 0.146 e. The summed E-state index contributed by atoms with van der Waals surface area (Å²) in [7, 11) is 0. The Morgan fingerprint density at radius 2 is 2.14 bits per heavy atom. The van der Waals surface area contributed by atoms with E-state index in [1.54, 1.807) is 12.4 Å². The highest BCUT2D eigenvalue weighted by molar-refractivity contribution is 9.10. The minimum Gasteiger partial charge on any atom is -0.484 e. The van der Waals surface area contributed by atoms with Crippen LogP contribution in [0.15, 0.2) is 33.4 Å². The summed E-state index contributed by atoms with van der Waals surface area (Å²) in [4.78, 5) is 4.06. The van der Waals surface area contributed by atoms with Crippen LogP contribution in [-0.2, 0) is 13.2 Å². The van der Waals surface area contributed by atoms with Gasteiger partial charge < -0.3 is 14.5 Å². The molecule has 0 atom stereocenters. The second-order valence-electron chi connectivity index (χ2n) is 5.45. The molecule has 0 radical (unpaired) electrons. The van der Waals surface area contributed by atoms with Gasteiger partial charge in [-0.3, -0.25) is 4.98 Å². The lowest BCUT2D eigenvalue weighted by molar-refractivity contribution is 0.266. The fourth-order valence-corrected chi connectivity index (χ4v) is 2.30. The second kappa shape index (κ2) is 7.61. The molecular weight excluding hydrogens is 332 g/mol. The maximum absolute atomic E-state index is 5.73. The molecule has 0 aliphatic heterocycles. The second-order valence-corrected chi connectivity index (χ2v) is 6.36. The van der Waals surface area contributed by atoms with Crippen LogP contribution in [0.3, 0.4) is 0 Å². The first-order valence-electron chi connectivity index (χ1n) is 7.07. The standard InChI is InChI=1S/C16H21BrN2O2/c1-11(2)6-18-7-13-4-16(21-12(13)3)10-20-15-5-14(17)8-19-9-15/h4-5,8-9,11,18H,6-7,10H2,1-3H3. The van der Waals surface area contributed by atoms with Crippen molar-refractivity contribution in [2.45, 2.75) is 33.9 Å². The summed E-state index contributed by atoms with van der Waals surface area (Å²) in [5.74, 6) is 3.13. The third-order valence-electron chi connectivity index (χ3n) is 3.00. The van der Waals surface area contributed by atoms with Crippen LogP contribution < -0.4 is 10.1 Å². The summed E-state index contributed by atoms with van der Waals surface area (Å²) < 4.78 is 12.3. The molecule has 5 heteroatoms. The van der Waals surface area contributed by atoms with Crippen molar-refractivity contribution in [2.24, 2.45) is 5.92 Å². The maximum Gasteiger partial charge on any atom is 0.146 e. The third-order valence-corrected chi connectivity index (χ3v) is 3.43. The molecule has 0 unspecified atom stereocenters. The molecule has 0 fully saturated rings. The number of hydrogen-bond donors (Lipinski definition) is 1. The number of halogens is 1. The molecule has 2 aromatic heterocycles. The lowest BCUT2D eigenvalue weighted by Crippen LogP contribution is -2.18. The van der Waals surface area contributed by atoms with Crippen molar-refractivity contribution in [1.82, 2.24) is 10.3 Å². The van der Waals surface area contributed by atoms with E-state index in [4.69, 9.17) is 9.15 Å². The molecule has 2 aromatic rings. The number of furan rings is 1. The molecule has 21 heavy (non-hydrogen) atoms. The average Bonchev–Trinajstić information content (AvgIpc) is 2.77. The van der Waals surface area contributed by atoms with Crippen LogP contribution in [0.4, 0.5) is 0 Å². The van der Waals surface area contributed by atoms with E-state index in [2.05, 4.69) is 40.1 Å². The largest absolute Gasteiger partial charge is 0.484 e. The Bertz CT molecular complexity index is 581. The van der Waals surface area contributed by atoms with Crippen molar-refractivity contribution in [2.75, 3.05) is 6.54 Å². The summed E-state index contributed by atoms with van der Waals surface area (Å²) in [6, 6.07) is 3.93. The Morgan fingerprint density at radius 1 is 1.33 bits per heavy atom. The molecule has 0 saturated carbocycles. The maximum atomic E-state index is 5.73. The highest BCUT2D eigenvalue weighted by Crippen LogP contribution is 2.19. The Labute approximate surface area is 134 Å². The number of pyridine rings is 1. The van der Waals surface area contributed by atoms with Gasteiger partial charge in [0.15, 0.2) is 0 Å². The van der Waals surface area contributed by atoms with Crippen molar-refractivity contribution < 1.29 is 9.15 Å². The Kier molecular flexibility index (Phi) is 5.82. The molecule has 0 spiro atoms. The van der Waals surface area contributed by atoms with Gasteiger partial charge in [0, 0.05) is 22.8 Å². The van der Waals surface area contributed by atoms with Crippen LogP contribution in [0.1, 0.15) is 30.9 Å². The summed E-state index contributed by atoms with van der Waals surface area (Å²) >= 11 is 3.37. The van der Waals surface area contributed by atoms with Crippen LogP contribution in [-0.4, -0.2) is 11.5 Å². The van der Waals surface area contributed by atoms with Gasteiger partial charge in [-0.2, -0.15) is 0 Å². The predicted octanol–water partition coefficient (Wildman–Crippen LogP) is 4.07. The van der Waals surface area contributed by atoms with Crippen LogP contribution in [0.5, 0.6) is 5.75 Å². The zero-order chi connectivity index (χ0) is 15.2. The topological polar surface area (TPSA) is 47.3 Å². The Hall–Kier alpha value is -1.33. The molecule has 2 rings (SSSR count). The van der Waals surface area contributed by atoms with Gasteiger partial charge in [0.1, 0.15) is 23.9 Å². The Morgan fingerprint density at radius 3 is 2.86 bits per heavy atom. The Balaban J connectivity index is 1.89. The predicted molar refractivity (Wildman–Crippen MR) is 86.3 cm³/mol. The monoisotopic (exact) mass is 352 g/mol. The van der Waals surface area contributed by atoms with Gasteiger partial charge in [0.05, 0.1) is 6.20 Å². The fraction of sp³-hybridized carbons (Fsp3) is 0.438. The quantitative estimate of drug-likeness (QED) is 0.815. The van der Waals surface area contributed by atoms with E-state index in [1.165, 1.54) is 5.56 Å². The molecule has 0 bridgehead atoms. The number of hydrogen-bond acceptors (Lipinski definition) is 4. The number of rotatable bonds is 7. The molecule has 1 N–H and O–H groups in total. The molecule has 2 heterocycles. The van der Waals surface area contributed by atoms with Crippen molar-refractivity contribution in [3.63, 3.8) is 0 Å². The molecule has 0 aromatic carbocycles. The van der Waals surface area contributed by atoms with E-state index < -0.39 is 0 Å². The van der Waals surface area contributed by atoms with E-state index in [0.717, 1.165) is 34.8 Å². The van der Waals surface area contributed by atoms with Crippen molar-refractivity contribution in [3.8, 4) is 5.75 Å². The van der Waals surface area contributed by atoms with Gasteiger partial charge in [-0.1, -0.05) is 13.8 Å². The zero-order valence-electron chi connectivity index (χ0n) is 12.6. The first-order chi connectivity index (χ1) is 10.0. The molecular formula is C16H21BrN2O2. The van der Waals surface area contributed by atoms with E-state index in [0.29, 0.717) is 12.5 Å². The van der Waals surface area contributed by atoms with Crippen LogP contribution in [0, 0.1) is 12.8 Å². The lowest BCUT2D eigenvalue weighted by atomic mass is 10.2. The van der Waals surface area contributed by atoms with E-state index in [1.807, 2.05) is 19.1 Å². The molecule has 114 valence electrons. The fourth-order valence-electron chi connectivity index (χ4n) is 1.96. The number of nitrogens with one attached hydrogen (secondary N) is 1. The van der Waals surface area contributed by atoms with E-state index in [-0.39, 0.29) is 0 Å². The summed E-state index contributed by atoms with van der Waals surface area (Å²) in [6.45, 7) is 8.60. The van der Waals surface area contributed by atoms with Gasteiger partial charge in [-0.15, -0.1) is 0 Å². The van der Waals surface area contributed by atoms with Crippen LogP contribution in [0.2, 0.25) is 0 Å². The number of aromatic nitrogens is 1. The van der Waals surface area contributed by atoms with Gasteiger partial charge >= 0.3 is 0 Å². The normalized spacial score (nSPS) is 11.1. The molecule has 0 aliphatic carbocycles. The first-order valence-corrected chi connectivity index (χ1v) is 7.86. The van der Waals surface area contributed by atoms with Gasteiger partial charge in [-0.25, -0.2) is 0 Å². The minimum absolute atomic E-state index is 0.406. The van der Waals surface area contributed by atoms with Crippen molar-refractivity contribution in [1.29, 1.82) is 0 Å². The van der Waals surface area contributed by atoms with Gasteiger partial charge in [0.2, 0.25) is 0 Å². The molecule has 0 amide bonds. The SMILES string of the molecule is Cc1oc(COc2cncc(Br)c2)cc1CNCC(C)C. The van der Waals surface area contributed by atoms with Crippen molar-refractivity contribution >= 4 is 15.9 Å². The molecule has 4 nitrogen and oxygen atoms in total. The average molecular weight is 353 g/mol. The zero-order valence-corrected chi connectivity index (χ0v) is 14.2. The van der Waals surface area contributed by atoms with Gasteiger partial charge in [0.25, 0.3) is 0 Å².